The third-order valence-corrected chi connectivity index (χ3v) is 8.37. The van der Waals surface area contributed by atoms with Crippen LogP contribution in [0.1, 0.15) is 47.9 Å². The maximum atomic E-state index is 13.7. The molecule has 37 heavy (non-hydrogen) atoms. The highest BCUT2D eigenvalue weighted by molar-refractivity contribution is 9.10. The Labute approximate surface area is 233 Å². The van der Waals surface area contributed by atoms with E-state index >= 15 is 0 Å². The van der Waals surface area contributed by atoms with E-state index in [1.165, 1.54) is 11.1 Å². The first kappa shape index (κ1) is 27.5. The summed E-state index contributed by atoms with van der Waals surface area (Å²) in [5.74, 6) is 1.01. The number of nitrogens with one attached hydrogen (secondary N) is 1. The van der Waals surface area contributed by atoms with Gasteiger partial charge in [0.05, 0.1) is 5.75 Å². The molecule has 3 aromatic rings. The lowest BCUT2D eigenvalue weighted by Crippen LogP contribution is -2.52. The van der Waals surface area contributed by atoms with Gasteiger partial charge >= 0.3 is 0 Å². The zero-order valence-electron chi connectivity index (χ0n) is 21.4. The van der Waals surface area contributed by atoms with Gasteiger partial charge in [0.2, 0.25) is 11.8 Å². The lowest BCUT2D eigenvalue weighted by Gasteiger charge is -2.32. The van der Waals surface area contributed by atoms with Crippen molar-refractivity contribution in [1.29, 1.82) is 0 Å². The minimum atomic E-state index is -0.565. The molecule has 1 saturated carbocycles. The number of halogens is 1. The van der Waals surface area contributed by atoms with E-state index in [2.05, 4.69) is 64.6 Å². The van der Waals surface area contributed by atoms with E-state index in [4.69, 9.17) is 0 Å². The number of benzene rings is 3. The van der Waals surface area contributed by atoms with Crippen LogP contribution in [-0.4, -0.2) is 34.6 Å². The quantitative estimate of drug-likeness (QED) is 0.276. The minimum absolute atomic E-state index is 0.00908. The van der Waals surface area contributed by atoms with Crippen LogP contribution < -0.4 is 5.32 Å². The first-order valence-corrected chi connectivity index (χ1v) is 14.9. The van der Waals surface area contributed by atoms with Crippen molar-refractivity contribution >= 4 is 39.5 Å². The second kappa shape index (κ2) is 13.8. The van der Waals surface area contributed by atoms with Crippen LogP contribution in [0.2, 0.25) is 0 Å². The molecule has 3 aromatic carbocycles. The summed E-state index contributed by atoms with van der Waals surface area (Å²) >= 11 is 5.07. The fraction of sp³-hybridized carbons (Fsp3) is 0.355. The van der Waals surface area contributed by atoms with Crippen LogP contribution in [0.15, 0.2) is 83.3 Å². The second-order valence-corrected chi connectivity index (χ2v) is 11.7. The molecule has 1 aliphatic carbocycles. The molecule has 4 nitrogen and oxygen atoms in total. The normalized spacial score (nSPS) is 14.3. The summed E-state index contributed by atoms with van der Waals surface area (Å²) in [5.41, 5.74) is 4.43. The van der Waals surface area contributed by atoms with Gasteiger partial charge in [-0.15, -0.1) is 11.8 Å². The number of carbonyl (C=O) groups is 2. The maximum absolute atomic E-state index is 13.7. The number of thioether (sulfide) groups is 1. The summed E-state index contributed by atoms with van der Waals surface area (Å²) in [7, 11) is 0. The van der Waals surface area contributed by atoms with Crippen molar-refractivity contribution in [2.45, 2.75) is 63.4 Å². The van der Waals surface area contributed by atoms with Crippen molar-refractivity contribution in [2.24, 2.45) is 0 Å². The third-order valence-electron chi connectivity index (χ3n) is 6.85. The predicted octanol–water partition coefficient (Wildman–Crippen LogP) is 6.69. The molecule has 0 aromatic heterocycles. The van der Waals surface area contributed by atoms with E-state index in [0.717, 1.165) is 47.0 Å². The Balaban J connectivity index is 1.55. The minimum Gasteiger partial charge on any atom is -0.352 e. The number of carbonyl (C=O) groups excluding carboxylic acids is 2. The first-order valence-electron chi connectivity index (χ1n) is 13.0. The zero-order valence-corrected chi connectivity index (χ0v) is 23.8. The predicted molar refractivity (Wildman–Crippen MR) is 156 cm³/mol. The monoisotopic (exact) mass is 578 g/mol. The van der Waals surface area contributed by atoms with E-state index < -0.39 is 6.04 Å². The van der Waals surface area contributed by atoms with Gasteiger partial charge < -0.3 is 10.2 Å². The van der Waals surface area contributed by atoms with Gasteiger partial charge in [-0.2, -0.15) is 0 Å². The molecule has 194 valence electrons. The van der Waals surface area contributed by atoms with Crippen molar-refractivity contribution in [3.8, 4) is 0 Å². The molecule has 0 saturated heterocycles. The Bertz CT molecular complexity index is 1150. The topological polar surface area (TPSA) is 49.4 Å². The van der Waals surface area contributed by atoms with Crippen LogP contribution in [-0.2, 0) is 28.3 Å². The molecule has 4 rings (SSSR count). The van der Waals surface area contributed by atoms with Crippen LogP contribution in [0.4, 0.5) is 0 Å². The maximum Gasteiger partial charge on any atom is 0.243 e. The smallest absolute Gasteiger partial charge is 0.243 e. The van der Waals surface area contributed by atoms with Gasteiger partial charge in [0.15, 0.2) is 0 Å². The molecule has 1 N–H and O–H groups in total. The molecule has 1 atom stereocenters. The summed E-state index contributed by atoms with van der Waals surface area (Å²) in [6.45, 7) is 2.46. The van der Waals surface area contributed by atoms with Gasteiger partial charge in [-0.25, -0.2) is 0 Å². The van der Waals surface area contributed by atoms with Crippen LogP contribution in [0.5, 0.6) is 0 Å². The van der Waals surface area contributed by atoms with E-state index in [1.807, 2.05) is 42.5 Å². The average Bonchev–Trinajstić information content (AvgIpc) is 3.42. The number of hydrogen-bond donors (Lipinski definition) is 1. The highest BCUT2D eigenvalue weighted by Gasteiger charge is 2.32. The summed E-state index contributed by atoms with van der Waals surface area (Å²) in [6, 6.07) is 26.1. The molecular weight excluding hydrogens is 544 g/mol. The Morgan fingerprint density at radius 2 is 1.57 bits per heavy atom. The summed E-state index contributed by atoms with van der Waals surface area (Å²) < 4.78 is 1.04. The van der Waals surface area contributed by atoms with Crippen molar-refractivity contribution in [3.05, 3.63) is 106 Å². The standard InChI is InChI=1S/C31H35BrN2O2S/c1-23-11-13-25(14-12-23)20-34(30(35)22-37-21-26-15-17-27(32)18-16-26)29(19-24-7-3-2-4-8-24)31(36)33-28-9-5-6-10-28/h2-4,7-8,11-18,28-29H,5-6,9-10,19-22H2,1H3,(H,33,36). The van der Waals surface area contributed by atoms with Gasteiger partial charge in [0.1, 0.15) is 6.04 Å². The van der Waals surface area contributed by atoms with Crippen molar-refractivity contribution < 1.29 is 9.59 Å². The Morgan fingerprint density at radius 1 is 0.919 bits per heavy atom. The molecule has 0 aliphatic heterocycles. The fourth-order valence-electron chi connectivity index (χ4n) is 4.73. The van der Waals surface area contributed by atoms with E-state index in [9.17, 15) is 9.59 Å². The number of aryl methyl sites for hydroxylation is 1. The molecule has 1 fully saturated rings. The highest BCUT2D eigenvalue weighted by atomic mass is 79.9. The number of hydrogen-bond acceptors (Lipinski definition) is 3. The van der Waals surface area contributed by atoms with Crippen LogP contribution in [0, 0.1) is 6.92 Å². The second-order valence-electron chi connectivity index (χ2n) is 9.82. The lowest BCUT2D eigenvalue weighted by atomic mass is 10.0. The van der Waals surface area contributed by atoms with E-state index in [1.54, 1.807) is 16.7 Å². The van der Waals surface area contributed by atoms with Gasteiger partial charge in [0, 0.05) is 29.2 Å². The SMILES string of the molecule is Cc1ccc(CN(C(=O)CSCc2ccc(Br)cc2)C(Cc2ccccc2)C(=O)NC2CCCC2)cc1. The Morgan fingerprint density at radius 3 is 2.24 bits per heavy atom. The Hall–Kier alpha value is -2.57. The Kier molecular flexibility index (Phi) is 10.3. The molecule has 2 amide bonds. The first-order chi connectivity index (χ1) is 18.0. The third kappa shape index (κ3) is 8.47. The van der Waals surface area contributed by atoms with Crippen molar-refractivity contribution in [1.82, 2.24) is 10.2 Å². The molecule has 6 heteroatoms. The van der Waals surface area contributed by atoms with Gasteiger partial charge in [0.25, 0.3) is 0 Å². The summed E-state index contributed by atoms with van der Waals surface area (Å²) in [4.78, 5) is 29.3. The number of nitrogens with zero attached hydrogens (tertiary/aromatic N) is 1. The highest BCUT2D eigenvalue weighted by Crippen LogP contribution is 2.22. The van der Waals surface area contributed by atoms with Crippen LogP contribution in [0.25, 0.3) is 0 Å². The van der Waals surface area contributed by atoms with E-state index in [-0.39, 0.29) is 17.9 Å². The van der Waals surface area contributed by atoms with Crippen molar-refractivity contribution in [3.63, 3.8) is 0 Å². The van der Waals surface area contributed by atoms with Gasteiger partial charge in [-0.05, 0) is 48.6 Å². The molecular formula is C31H35BrN2O2S. The molecule has 0 heterocycles. The summed E-state index contributed by atoms with van der Waals surface area (Å²) in [5, 5.41) is 3.27. The van der Waals surface area contributed by atoms with Crippen LogP contribution in [0.3, 0.4) is 0 Å². The summed E-state index contributed by atoms with van der Waals surface area (Å²) in [6.07, 6.45) is 4.81. The molecule has 0 spiro atoms. The largest absolute Gasteiger partial charge is 0.352 e. The zero-order chi connectivity index (χ0) is 26.0. The number of rotatable bonds is 11. The molecule has 0 radical (unpaired) electrons. The van der Waals surface area contributed by atoms with Gasteiger partial charge in [-0.3, -0.25) is 9.59 Å². The molecule has 1 unspecified atom stereocenters. The molecule has 1 aliphatic rings. The van der Waals surface area contributed by atoms with Crippen LogP contribution >= 0.6 is 27.7 Å². The molecule has 0 bridgehead atoms. The fourth-order valence-corrected chi connectivity index (χ4v) is 5.87. The van der Waals surface area contributed by atoms with E-state index in [0.29, 0.717) is 18.7 Å². The number of amides is 2. The lowest BCUT2D eigenvalue weighted by molar-refractivity contribution is -0.139. The average molecular weight is 580 g/mol. The van der Waals surface area contributed by atoms with Crippen molar-refractivity contribution in [2.75, 3.05) is 5.75 Å². The van der Waals surface area contributed by atoms with Gasteiger partial charge in [-0.1, -0.05) is 101 Å².